The molecule has 6 heteroatoms. The van der Waals surface area contributed by atoms with E-state index in [9.17, 15) is 4.79 Å². The molecule has 1 aliphatic rings. The molecule has 0 bridgehead atoms. The van der Waals surface area contributed by atoms with E-state index in [1.54, 1.807) is 13.0 Å². The first-order valence-corrected chi connectivity index (χ1v) is 5.53. The Bertz CT molecular complexity index is 386. The maximum absolute atomic E-state index is 11.6. The Morgan fingerprint density at radius 1 is 1.62 bits per heavy atom. The summed E-state index contributed by atoms with van der Waals surface area (Å²) in [5.41, 5.74) is 0.737. The van der Waals surface area contributed by atoms with Crippen LogP contribution in [0, 0.1) is 12.8 Å². The third-order valence-corrected chi connectivity index (χ3v) is 2.61. The van der Waals surface area contributed by atoms with Gasteiger partial charge in [-0.2, -0.15) is 0 Å². The van der Waals surface area contributed by atoms with Crippen LogP contribution in [0.15, 0.2) is 6.07 Å². The van der Waals surface area contributed by atoms with Crippen LogP contribution in [0.25, 0.3) is 0 Å². The maximum atomic E-state index is 11.6. The van der Waals surface area contributed by atoms with E-state index in [1.165, 1.54) is 0 Å². The molecule has 0 unspecified atom stereocenters. The molecule has 0 spiro atoms. The number of hydrogen-bond donors (Lipinski definition) is 2. The largest absolute Gasteiger partial charge is 0.316 e. The highest BCUT2D eigenvalue weighted by Crippen LogP contribution is 2.12. The lowest BCUT2D eigenvalue weighted by Gasteiger charge is -2.26. The summed E-state index contributed by atoms with van der Waals surface area (Å²) in [7, 11) is 0. The van der Waals surface area contributed by atoms with Crippen molar-refractivity contribution in [1.29, 1.82) is 0 Å². The van der Waals surface area contributed by atoms with Crippen LogP contribution in [-0.2, 0) is 4.79 Å². The molecule has 2 heterocycles. The highest BCUT2D eigenvalue weighted by molar-refractivity contribution is 6.29. The molecule has 0 atom stereocenters. The van der Waals surface area contributed by atoms with Crippen molar-refractivity contribution in [3.63, 3.8) is 0 Å². The number of aromatic nitrogens is 2. The van der Waals surface area contributed by atoms with Crippen LogP contribution in [0.2, 0.25) is 5.15 Å². The Hall–Kier alpha value is -1.20. The normalized spacial score (nSPS) is 15.6. The summed E-state index contributed by atoms with van der Waals surface area (Å²) in [5, 5.41) is 6.11. The number of hydrogen-bond acceptors (Lipinski definition) is 4. The first-order valence-electron chi connectivity index (χ1n) is 5.15. The maximum Gasteiger partial charge on any atom is 0.231 e. The van der Waals surface area contributed by atoms with Crippen molar-refractivity contribution in [3.05, 3.63) is 16.9 Å². The fraction of sp³-hybridized carbons (Fsp3) is 0.500. The number of nitrogens with one attached hydrogen (secondary N) is 2. The van der Waals surface area contributed by atoms with Gasteiger partial charge in [-0.15, -0.1) is 0 Å². The van der Waals surface area contributed by atoms with Crippen LogP contribution in [0.4, 0.5) is 5.95 Å². The number of carbonyl (C=O) groups excluding carboxylic acids is 1. The molecule has 1 aromatic heterocycles. The van der Waals surface area contributed by atoms with Gasteiger partial charge in [0.1, 0.15) is 5.15 Å². The van der Waals surface area contributed by atoms with E-state index in [0.29, 0.717) is 17.5 Å². The zero-order valence-electron chi connectivity index (χ0n) is 8.96. The molecule has 16 heavy (non-hydrogen) atoms. The summed E-state index contributed by atoms with van der Waals surface area (Å²) in [5.74, 6) is 0.649. The molecule has 1 fully saturated rings. The molecular formula is C10H13ClN4O. The molecule has 1 aliphatic heterocycles. The lowest BCUT2D eigenvalue weighted by atomic mass is 9.99. The van der Waals surface area contributed by atoms with Gasteiger partial charge < -0.3 is 5.32 Å². The minimum absolute atomic E-state index is 0.0619. The first-order chi connectivity index (χ1) is 7.63. The molecule has 2 N–H and O–H groups in total. The van der Waals surface area contributed by atoms with E-state index in [1.807, 2.05) is 0 Å². The molecule has 1 amide bonds. The van der Waals surface area contributed by atoms with Crippen LogP contribution in [0.5, 0.6) is 0 Å². The Morgan fingerprint density at radius 3 is 2.94 bits per heavy atom. The summed E-state index contributed by atoms with van der Waals surface area (Å²) in [6, 6.07) is 1.65. The molecule has 0 aliphatic carbocycles. The van der Waals surface area contributed by atoms with Crippen molar-refractivity contribution in [2.24, 2.45) is 5.92 Å². The van der Waals surface area contributed by atoms with Gasteiger partial charge in [-0.05, 0) is 32.0 Å². The second kappa shape index (κ2) is 4.76. The fourth-order valence-electron chi connectivity index (χ4n) is 1.52. The molecule has 1 aromatic rings. The summed E-state index contributed by atoms with van der Waals surface area (Å²) >= 11 is 5.77. The minimum atomic E-state index is -0.0619. The van der Waals surface area contributed by atoms with Crippen LogP contribution in [-0.4, -0.2) is 29.0 Å². The van der Waals surface area contributed by atoms with Gasteiger partial charge in [0.25, 0.3) is 0 Å². The average Bonchev–Trinajstić information content (AvgIpc) is 2.09. The summed E-state index contributed by atoms with van der Waals surface area (Å²) in [6.45, 7) is 3.62. The topological polar surface area (TPSA) is 66.9 Å². The van der Waals surface area contributed by atoms with E-state index in [-0.39, 0.29) is 11.9 Å². The first kappa shape index (κ1) is 11.3. The zero-order chi connectivity index (χ0) is 11.5. The van der Waals surface area contributed by atoms with Gasteiger partial charge in [-0.25, -0.2) is 9.97 Å². The molecule has 1 saturated heterocycles. The fourth-order valence-corrected chi connectivity index (χ4v) is 1.75. The number of nitrogens with zero attached hydrogens (tertiary/aromatic N) is 2. The van der Waals surface area contributed by atoms with Crippen LogP contribution < -0.4 is 10.6 Å². The van der Waals surface area contributed by atoms with Gasteiger partial charge in [0.05, 0.1) is 0 Å². The lowest BCUT2D eigenvalue weighted by Crippen LogP contribution is -2.43. The Kier molecular flexibility index (Phi) is 3.36. The monoisotopic (exact) mass is 240 g/mol. The molecule has 0 saturated carbocycles. The Labute approximate surface area is 98.6 Å². The van der Waals surface area contributed by atoms with E-state index >= 15 is 0 Å². The number of anilines is 1. The third-order valence-electron chi connectivity index (χ3n) is 2.41. The van der Waals surface area contributed by atoms with Crippen LogP contribution in [0.1, 0.15) is 12.1 Å². The summed E-state index contributed by atoms with van der Waals surface area (Å²) in [6.07, 6.45) is 0.502. The number of halogens is 1. The number of aryl methyl sites for hydroxylation is 1. The zero-order valence-corrected chi connectivity index (χ0v) is 9.71. The van der Waals surface area contributed by atoms with Gasteiger partial charge in [0, 0.05) is 12.1 Å². The molecule has 0 radical (unpaired) electrons. The van der Waals surface area contributed by atoms with Gasteiger partial charge in [0.2, 0.25) is 11.9 Å². The van der Waals surface area contributed by atoms with Crippen molar-refractivity contribution in [3.8, 4) is 0 Å². The van der Waals surface area contributed by atoms with E-state index < -0.39 is 0 Å². The quantitative estimate of drug-likeness (QED) is 0.774. The number of rotatable bonds is 3. The van der Waals surface area contributed by atoms with Crippen molar-refractivity contribution in [2.75, 3.05) is 18.4 Å². The number of carbonyl (C=O) groups is 1. The lowest BCUT2D eigenvalue weighted by molar-refractivity contribution is -0.117. The molecule has 5 nitrogen and oxygen atoms in total. The minimum Gasteiger partial charge on any atom is -0.316 e. The van der Waals surface area contributed by atoms with Crippen molar-refractivity contribution < 1.29 is 4.79 Å². The Morgan fingerprint density at radius 2 is 2.38 bits per heavy atom. The summed E-state index contributed by atoms with van der Waals surface area (Å²) in [4.78, 5) is 19.6. The predicted octanol–water partition coefficient (Wildman–Crippen LogP) is 0.986. The average molecular weight is 241 g/mol. The highest BCUT2D eigenvalue weighted by Gasteiger charge is 2.20. The second-order valence-corrected chi connectivity index (χ2v) is 4.32. The van der Waals surface area contributed by atoms with E-state index in [4.69, 9.17) is 11.6 Å². The second-order valence-electron chi connectivity index (χ2n) is 3.93. The number of amides is 1. The van der Waals surface area contributed by atoms with Gasteiger partial charge >= 0.3 is 0 Å². The third kappa shape index (κ3) is 2.90. The standard InChI is InChI=1S/C10H13ClN4O/c1-6-2-8(11)14-10(13-6)15-9(16)3-7-4-12-5-7/h2,7,12H,3-5H2,1H3,(H,13,14,15,16). The SMILES string of the molecule is Cc1cc(Cl)nc(NC(=O)CC2CNC2)n1. The van der Waals surface area contributed by atoms with Gasteiger partial charge in [0.15, 0.2) is 0 Å². The Balaban J connectivity index is 1.94. The van der Waals surface area contributed by atoms with Gasteiger partial charge in [-0.3, -0.25) is 10.1 Å². The van der Waals surface area contributed by atoms with E-state index in [2.05, 4.69) is 20.6 Å². The highest BCUT2D eigenvalue weighted by atomic mass is 35.5. The van der Waals surface area contributed by atoms with Crippen LogP contribution in [0.3, 0.4) is 0 Å². The van der Waals surface area contributed by atoms with Crippen molar-refractivity contribution >= 4 is 23.5 Å². The molecule has 86 valence electrons. The molecule has 0 aromatic carbocycles. The van der Waals surface area contributed by atoms with Gasteiger partial charge in [-0.1, -0.05) is 11.6 Å². The predicted molar refractivity (Wildman–Crippen MR) is 61.4 cm³/mol. The molecule has 2 rings (SSSR count). The van der Waals surface area contributed by atoms with E-state index in [0.717, 1.165) is 18.8 Å². The molecular weight excluding hydrogens is 228 g/mol. The van der Waals surface area contributed by atoms with Crippen molar-refractivity contribution in [2.45, 2.75) is 13.3 Å². The smallest absolute Gasteiger partial charge is 0.231 e. The van der Waals surface area contributed by atoms with Crippen molar-refractivity contribution in [1.82, 2.24) is 15.3 Å². The summed E-state index contributed by atoms with van der Waals surface area (Å²) < 4.78 is 0. The van der Waals surface area contributed by atoms with Crippen LogP contribution >= 0.6 is 11.6 Å².